The van der Waals surface area contributed by atoms with Crippen molar-refractivity contribution in [3.05, 3.63) is 107 Å². The zero-order valence-corrected chi connectivity index (χ0v) is 20.0. The Morgan fingerprint density at radius 1 is 0.892 bits per heavy atom. The Labute approximate surface area is 212 Å². The van der Waals surface area contributed by atoms with Gasteiger partial charge < -0.3 is 5.32 Å². The summed E-state index contributed by atoms with van der Waals surface area (Å²) in [6, 6.07) is 16.8. The van der Waals surface area contributed by atoms with Gasteiger partial charge in [-0.05, 0) is 71.7 Å². The summed E-state index contributed by atoms with van der Waals surface area (Å²) in [5.41, 5.74) is 1.18. The highest BCUT2D eigenvalue weighted by molar-refractivity contribution is 5.87. The number of benzene rings is 3. The number of hydrogen-bond donors (Lipinski definition) is 1. The van der Waals surface area contributed by atoms with Crippen molar-refractivity contribution in [2.24, 2.45) is 11.8 Å². The van der Waals surface area contributed by atoms with Gasteiger partial charge in [-0.3, -0.25) is 9.69 Å². The molecule has 3 nitrogen and oxygen atoms in total. The molecule has 0 aromatic heterocycles. The molecule has 3 aromatic carbocycles. The van der Waals surface area contributed by atoms with E-state index in [2.05, 4.69) is 10.2 Å². The highest BCUT2D eigenvalue weighted by atomic mass is 19.4. The van der Waals surface area contributed by atoms with E-state index in [0.717, 1.165) is 25.5 Å². The van der Waals surface area contributed by atoms with E-state index in [4.69, 9.17) is 0 Å². The maximum absolute atomic E-state index is 13.5. The van der Waals surface area contributed by atoms with Crippen LogP contribution in [-0.2, 0) is 17.5 Å². The van der Waals surface area contributed by atoms with Crippen molar-refractivity contribution in [1.82, 2.24) is 10.2 Å². The highest BCUT2D eigenvalue weighted by Gasteiger charge is 2.43. The number of nitrogens with zero attached hydrogens (tertiary/aromatic N) is 1. The van der Waals surface area contributed by atoms with Crippen LogP contribution in [0.1, 0.15) is 41.0 Å². The second kappa shape index (κ2) is 10.2. The van der Waals surface area contributed by atoms with E-state index in [0.29, 0.717) is 35.7 Å². The van der Waals surface area contributed by atoms with Crippen LogP contribution in [-0.4, -0.2) is 29.9 Å². The largest absolute Gasteiger partial charge is 0.416 e. The minimum Gasteiger partial charge on any atom is -0.352 e. The molecule has 1 saturated heterocycles. The Bertz CT molecular complexity index is 1200. The molecule has 1 aliphatic carbocycles. The summed E-state index contributed by atoms with van der Waals surface area (Å²) in [5, 5.41) is 3.19. The Balaban J connectivity index is 1.29. The topological polar surface area (TPSA) is 32.3 Å². The van der Waals surface area contributed by atoms with Crippen molar-refractivity contribution in [3.8, 4) is 0 Å². The molecule has 194 valence electrons. The average molecular weight is 515 g/mol. The molecule has 5 rings (SSSR count). The van der Waals surface area contributed by atoms with E-state index in [1.165, 1.54) is 36.4 Å². The van der Waals surface area contributed by atoms with E-state index in [1.54, 1.807) is 30.3 Å². The highest BCUT2D eigenvalue weighted by Crippen LogP contribution is 2.39. The molecule has 3 aromatic rings. The molecule has 37 heavy (non-hydrogen) atoms. The molecule has 3 atom stereocenters. The van der Waals surface area contributed by atoms with Crippen LogP contribution in [0.25, 0.3) is 0 Å². The quantitative estimate of drug-likeness (QED) is 0.401. The van der Waals surface area contributed by atoms with Gasteiger partial charge in [0, 0.05) is 25.7 Å². The Kier molecular flexibility index (Phi) is 7.03. The van der Waals surface area contributed by atoms with Crippen molar-refractivity contribution in [3.63, 3.8) is 0 Å². The van der Waals surface area contributed by atoms with Gasteiger partial charge in [0.25, 0.3) is 0 Å². The molecule has 0 spiro atoms. The summed E-state index contributed by atoms with van der Waals surface area (Å²) in [6.45, 7) is 1.88. The molecule has 1 saturated carbocycles. The van der Waals surface area contributed by atoms with Gasteiger partial charge >= 0.3 is 6.18 Å². The maximum Gasteiger partial charge on any atom is 0.416 e. The Hall–Kier alpha value is -3.26. The van der Waals surface area contributed by atoms with Crippen LogP contribution in [0.4, 0.5) is 22.0 Å². The fourth-order valence-corrected chi connectivity index (χ4v) is 5.84. The molecule has 1 aliphatic heterocycles. The van der Waals surface area contributed by atoms with Gasteiger partial charge in [0.15, 0.2) is 0 Å². The second-order valence-electron chi connectivity index (χ2n) is 10.0. The molecule has 1 amide bonds. The number of rotatable bonds is 6. The third kappa shape index (κ3) is 5.69. The fourth-order valence-electron chi connectivity index (χ4n) is 5.84. The summed E-state index contributed by atoms with van der Waals surface area (Å²) in [4.78, 5) is 15.7. The van der Waals surface area contributed by atoms with E-state index in [-0.39, 0.29) is 17.9 Å². The summed E-state index contributed by atoms with van der Waals surface area (Å²) in [5.74, 6) is -1.23. The van der Waals surface area contributed by atoms with Crippen LogP contribution in [0.15, 0.2) is 72.8 Å². The van der Waals surface area contributed by atoms with Gasteiger partial charge in [-0.25, -0.2) is 8.78 Å². The number of nitrogens with one attached hydrogen (secondary N) is 1. The summed E-state index contributed by atoms with van der Waals surface area (Å²) >= 11 is 0. The summed E-state index contributed by atoms with van der Waals surface area (Å²) in [6.07, 6.45) is -2.64. The van der Waals surface area contributed by atoms with Crippen molar-refractivity contribution in [2.75, 3.05) is 13.1 Å². The average Bonchev–Trinajstić information content (AvgIpc) is 3.42. The van der Waals surface area contributed by atoms with E-state index in [1.807, 2.05) is 0 Å². The molecule has 0 unspecified atom stereocenters. The van der Waals surface area contributed by atoms with Gasteiger partial charge in [0.05, 0.1) is 11.5 Å². The van der Waals surface area contributed by atoms with Crippen LogP contribution >= 0.6 is 0 Å². The summed E-state index contributed by atoms with van der Waals surface area (Å²) < 4.78 is 66.4. The Morgan fingerprint density at radius 2 is 1.51 bits per heavy atom. The number of amides is 1. The van der Waals surface area contributed by atoms with Crippen LogP contribution < -0.4 is 5.32 Å². The van der Waals surface area contributed by atoms with E-state index < -0.39 is 29.3 Å². The molecule has 1 N–H and O–H groups in total. The lowest BCUT2D eigenvalue weighted by Gasteiger charge is -2.25. The molecule has 0 radical (unpaired) electrons. The van der Waals surface area contributed by atoms with Crippen molar-refractivity contribution in [2.45, 2.75) is 37.5 Å². The molecule has 8 heteroatoms. The number of fused-ring (bicyclic) bond motifs is 1. The maximum atomic E-state index is 13.5. The van der Waals surface area contributed by atoms with Crippen molar-refractivity contribution in [1.29, 1.82) is 0 Å². The SMILES string of the molecule is O=C(N[C@H]1CC[C@H]2CN(Cc3cccc(C(F)(F)F)c3)C[C@H]21)C(c1ccc(F)cc1)c1ccc(F)cc1. The number of hydrogen-bond acceptors (Lipinski definition) is 2. The first-order chi connectivity index (χ1) is 17.7. The van der Waals surface area contributed by atoms with Crippen molar-refractivity contribution >= 4 is 5.91 Å². The first-order valence-electron chi connectivity index (χ1n) is 12.4. The first-order valence-corrected chi connectivity index (χ1v) is 12.4. The predicted octanol–water partition coefficient (Wildman–Crippen LogP) is 6.14. The monoisotopic (exact) mass is 514 g/mol. The zero-order chi connectivity index (χ0) is 26.2. The number of halogens is 5. The molecule has 1 heterocycles. The lowest BCUT2D eigenvalue weighted by atomic mass is 9.89. The third-order valence-electron chi connectivity index (χ3n) is 7.59. The van der Waals surface area contributed by atoms with Crippen LogP contribution in [0.2, 0.25) is 0 Å². The molecule has 0 bridgehead atoms. The molecular weight excluding hydrogens is 487 g/mol. The number of carbonyl (C=O) groups is 1. The number of alkyl halides is 3. The lowest BCUT2D eigenvalue weighted by Crippen LogP contribution is -2.42. The Morgan fingerprint density at radius 3 is 2.11 bits per heavy atom. The summed E-state index contributed by atoms with van der Waals surface area (Å²) in [7, 11) is 0. The third-order valence-corrected chi connectivity index (χ3v) is 7.59. The van der Waals surface area contributed by atoms with Crippen LogP contribution in [0.3, 0.4) is 0 Å². The van der Waals surface area contributed by atoms with E-state index in [9.17, 15) is 26.7 Å². The number of carbonyl (C=O) groups excluding carboxylic acids is 1. The molecule has 2 fully saturated rings. The first kappa shape index (κ1) is 25.4. The lowest BCUT2D eigenvalue weighted by molar-refractivity contribution is -0.137. The molecular formula is C29H27F5N2O. The smallest absolute Gasteiger partial charge is 0.352 e. The zero-order valence-electron chi connectivity index (χ0n) is 20.0. The normalized spacial score (nSPS) is 21.8. The van der Waals surface area contributed by atoms with Crippen LogP contribution in [0, 0.1) is 23.5 Å². The standard InChI is InChI=1S/C29H27F5N2O/c30-23-9-4-19(5-10-23)27(20-6-11-24(31)12-7-20)28(37)35-26-13-8-21-16-36(17-25(21)26)15-18-2-1-3-22(14-18)29(32,33)34/h1-7,9-12,14,21,25-27H,8,13,15-17H2,(H,35,37)/t21-,25+,26-/m0/s1. The van der Waals surface area contributed by atoms with Crippen LogP contribution in [0.5, 0.6) is 0 Å². The van der Waals surface area contributed by atoms with Gasteiger partial charge in [0.2, 0.25) is 5.91 Å². The van der Waals surface area contributed by atoms with Gasteiger partial charge in [-0.15, -0.1) is 0 Å². The molecule has 2 aliphatic rings. The predicted molar refractivity (Wildman–Crippen MR) is 130 cm³/mol. The van der Waals surface area contributed by atoms with Gasteiger partial charge in [-0.2, -0.15) is 13.2 Å². The minimum absolute atomic E-state index is 0.0765. The van der Waals surface area contributed by atoms with E-state index >= 15 is 0 Å². The van der Waals surface area contributed by atoms with Gasteiger partial charge in [-0.1, -0.05) is 42.5 Å². The number of likely N-dealkylation sites (tertiary alicyclic amines) is 1. The fraction of sp³-hybridized carbons (Fsp3) is 0.345. The van der Waals surface area contributed by atoms with Gasteiger partial charge in [0.1, 0.15) is 11.6 Å². The minimum atomic E-state index is -4.38. The van der Waals surface area contributed by atoms with Crippen molar-refractivity contribution < 1.29 is 26.7 Å². The second-order valence-corrected chi connectivity index (χ2v) is 10.0.